The molecule has 2 fully saturated rings. The van der Waals surface area contributed by atoms with Crippen LogP contribution in [0.25, 0.3) is 0 Å². The van der Waals surface area contributed by atoms with E-state index in [0.717, 1.165) is 39.0 Å². The zero-order valence-electron chi connectivity index (χ0n) is 13.8. The summed E-state index contributed by atoms with van der Waals surface area (Å²) in [5.41, 5.74) is -0.647. The molecule has 0 radical (unpaired) electrons. The summed E-state index contributed by atoms with van der Waals surface area (Å²) >= 11 is 0. The van der Waals surface area contributed by atoms with E-state index < -0.39 is 5.60 Å². The first-order chi connectivity index (χ1) is 9.96. The molecule has 2 rings (SSSR count). The van der Waals surface area contributed by atoms with Crippen molar-refractivity contribution in [2.24, 2.45) is 5.92 Å². The SMILES string of the molecule is CC(C)(O)CN1CCN(C(=O)C2CCCCCCC2)CC1. The Labute approximate surface area is 129 Å². The number of carbonyl (C=O) groups excluding carboxylic acids is 1. The lowest BCUT2D eigenvalue weighted by atomic mass is 9.90. The van der Waals surface area contributed by atoms with E-state index in [9.17, 15) is 9.90 Å². The Balaban J connectivity index is 1.79. The third kappa shape index (κ3) is 5.59. The van der Waals surface area contributed by atoms with Crippen LogP contribution in [-0.2, 0) is 4.79 Å². The van der Waals surface area contributed by atoms with Gasteiger partial charge in [0.05, 0.1) is 5.60 Å². The van der Waals surface area contributed by atoms with Crippen LogP contribution in [0.2, 0.25) is 0 Å². The van der Waals surface area contributed by atoms with E-state index in [1.807, 2.05) is 13.8 Å². The molecular formula is C17H32N2O2. The molecule has 2 aliphatic rings. The van der Waals surface area contributed by atoms with Crippen molar-refractivity contribution in [3.63, 3.8) is 0 Å². The van der Waals surface area contributed by atoms with Gasteiger partial charge in [-0.05, 0) is 26.7 Å². The standard InChI is InChI=1S/C17H32N2O2/c1-17(2,21)14-18-10-12-19(13-11-18)16(20)15-8-6-4-3-5-7-9-15/h15,21H,3-14H2,1-2H3. The molecule has 1 saturated heterocycles. The maximum atomic E-state index is 12.7. The number of hydrogen-bond acceptors (Lipinski definition) is 3. The summed E-state index contributed by atoms with van der Waals surface area (Å²) < 4.78 is 0. The van der Waals surface area contributed by atoms with Crippen LogP contribution in [0.15, 0.2) is 0 Å². The van der Waals surface area contributed by atoms with Crippen LogP contribution >= 0.6 is 0 Å². The van der Waals surface area contributed by atoms with Crippen molar-refractivity contribution in [2.75, 3.05) is 32.7 Å². The highest BCUT2D eigenvalue weighted by molar-refractivity contribution is 5.79. The molecule has 0 bridgehead atoms. The number of nitrogens with zero attached hydrogens (tertiary/aromatic N) is 2. The zero-order chi connectivity index (χ0) is 15.3. The molecular weight excluding hydrogens is 264 g/mol. The largest absolute Gasteiger partial charge is 0.389 e. The van der Waals surface area contributed by atoms with Gasteiger partial charge in [-0.1, -0.05) is 32.1 Å². The van der Waals surface area contributed by atoms with Crippen LogP contribution < -0.4 is 0 Å². The first kappa shape index (κ1) is 16.8. The van der Waals surface area contributed by atoms with E-state index in [0.29, 0.717) is 12.5 Å². The average Bonchev–Trinajstić information content (AvgIpc) is 2.36. The quantitative estimate of drug-likeness (QED) is 0.869. The van der Waals surface area contributed by atoms with Gasteiger partial charge < -0.3 is 10.0 Å². The van der Waals surface area contributed by atoms with Crippen molar-refractivity contribution in [1.82, 2.24) is 9.80 Å². The van der Waals surface area contributed by atoms with Gasteiger partial charge in [0.25, 0.3) is 0 Å². The Morgan fingerprint density at radius 3 is 2.05 bits per heavy atom. The van der Waals surface area contributed by atoms with Gasteiger partial charge in [0.1, 0.15) is 0 Å². The van der Waals surface area contributed by atoms with Gasteiger partial charge in [0.15, 0.2) is 0 Å². The summed E-state index contributed by atoms with van der Waals surface area (Å²) in [6, 6.07) is 0. The first-order valence-corrected chi connectivity index (χ1v) is 8.69. The van der Waals surface area contributed by atoms with Crippen molar-refractivity contribution in [2.45, 2.75) is 64.4 Å². The lowest BCUT2D eigenvalue weighted by molar-refractivity contribution is -0.138. The zero-order valence-corrected chi connectivity index (χ0v) is 13.8. The summed E-state index contributed by atoms with van der Waals surface area (Å²) in [6.45, 7) is 7.82. The molecule has 4 nitrogen and oxygen atoms in total. The molecule has 1 aliphatic heterocycles. The van der Waals surface area contributed by atoms with E-state index in [-0.39, 0.29) is 5.92 Å². The molecule has 1 aliphatic carbocycles. The predicted molar refractivity (Wildman–Crippen MR) is 85.1 cm³/mol. The molecule has 0 aromatic rings. The fourth-order valence-electron chi connectivity index (χ4n) is 3.63. The molecule has 4 heteroatoms. The van der Waals surface area contributed by atoms with Gasteiger partial charge >= 0.3 is 0 Å². The van der Waals surface area contributed by atoms with Crippen molar-refractivity contribution >= 4 is 5.91 Å². The van der Waals surface area contributed by atoms with Gasteiger partial charge in [-0.15, -0.1) is 0 Å². The van der Waals surface area contributed by atoms with Gasteiger partial charge in [0, 0.05) is 38.6 Å². The molecule has 1 heterocycles. The topological polar surface area (TPSA) is 43.8 Å². The van der Waals surface area contributed by atoms with Gasteiger partial charge in [-0.25, -0.2) is 0 Å². The first-order valence-electron chi connectivity index (χ1n) is 8.69. The van der Waals surface area contributed by atoms with E-state index in [1.54, 1.807) is 0 Å². The Morgan fingerprint density at radius 1 is 1.00 bits per heavy atom. The van der Waals surface area contributed by atoms with Crippen molar-refractivity contribution in [3.05, 3.63) is 0 Å². The summed E-state index contributed by atoms with van der Waals surface area (Å²) in [4.78, 5) is 17.0. The highest BCUT2D eigenvalue weighted by Crippen LogP contribution is 2.24. The van der Waals surface area contributed by atoms with Gasteiger partial charge in [-0.2, -0.15) is 0 Å². The fourth-order valence-corrected chi connectivity index (χ4v) is 3.63. The van der Waals surface area contributed by atoms with Crippen molar-refractivity contribution < 1.29 is 9.90 Å². The molecule has 1 amide bonds. The Morgan fingerprint density at radius 2 is 1.52 bits per heavy atom. The van der Waals surface area contributed by atoms with Crippen molar-refractivity contribution in [1.29, 1.82) is 0 Å². The maximum Gasteiger partial charge on any atom is 0.225 e. The second-order valence-corrected chi connectivity index (χ2v) is 7.46. The molecule has 0 atom stereocenters. The monoisotopic (exact) mass is 296 g/mol. The Hall–Kier alpha value is -0.610. The van der Waals surface area contributed by atoms with Gasteiger partial charge in [0.2, 0.25) is 5.91 Å². The molecule has 0 unspecified atom stereocenters. The fraction of sp³-hybridized carbons (Fsp3) is 0.941. The summed E-state index contributed by atoms with van der Waals surface area (Å²) in [5.74, 6) is 0.658. The number of aliphatic hydroxyl groups is 1. The van der Waals surface area contributed by atoms with Crippen molar-refractivity contribution in [3.8, 4) is 0 Å². The molecule has 21 heavy (non-hydrogen) atoms. The molecule has 0 spiro atoms. The molecule has 1 saturated carbocycles. The van der Waals surface area contributed by atoms with E-state index in [1.165, 1.54) is 32.1 Å². The number of carbonyl (C=O) groups is 1. The minimum absolute atomic E-state index is 0.270. The second kappa shape index (κ2) is 7.59. The van der Waals surface area contributed by atoms with E-state index in [4.69, 9.17) is 0 Å². The van der Waals surface area contributed by atoms with E-state index in [2.05, 4.69) is 9.80 Å². The lowest BCUT2D eigenvalue weighted by Gasteiger charge is -2.38. The lowest BCUT2D eigenvalue weighted by Crippen LogP contribution is -2.53. The van der Waals surface area contributed by atoms with Crippen LogP contribution in [0, 0.1) is 5.92 Å². The second-order valence-electron chi connectivity index (χ2n) is 7.46. The predicted octanol–water partition coefficient (Wildman–Crippen LogP) is 2.26. The smallest absolute Gasteiger partial charge is 0.225 e. The number of amides is 1. The number of piperazine rings is 1. The van der Waals surface area contributed by atoms with Crippen LogP contribution in [0.3, 0.4) is 0 Å². The van der Waals surface area contributed by atoms with Crippen LogP contribution in [0.1, 0.15) is 58.8 Å². The van der Waals surface area contributed by atoms with Crippen LogP contribution in [0.5, 0.6) is 0 Å². The molecule has 0 aromatic carbocycles. The van der Waals surface area contributed by atoms with Crippen LogP contribution in [0.4, 0.5) is 0 Å². The highest BCUT2D eigenvalue weighted by atomic mass is 16.3. The minimum atomic E-state index is -0.647. The summed E-state index contributed by atoms with van der Waals surface area (Å²) in [7, 11) is 0. The Kier molecular flexibility index (Phi) is 6.06. The molecule has 122 valence electrons. The van der Waals surface area contributed by atoms with E-state index >= 15 is 0 Å². The normalized spacial score (nSPS) is 23.7. The maximum absolute atomic E-state index is 12.7. The summed E-state index contributed by atoms with van der Waals surface area (Å²) in [5, 5.41) is 9.88. The van der Waals surface area contributed by atoms with Crippen LogP contribution in [-0.4, -0.2) is 59.1 Å². The minimum Gasteiger partial charge on any atom is -0.389 e. The summed E-state index contributed by atoms with van der Waals surface area (Å²) in [6.07, 6.45) is 8.54. The third-order valence-electron chi connectivity index (χ3n) is 4.75. The molecule has 0 aromatic heterocycles. The number of hydrogen-bond donors (Lipinski definition) is 1. The van der Waals surface area contributed by atoms with Gasteiger partial charge in [-0.3, -0.25) is 9.69 Å². The third-order valence-corrected chi connectivity index (χ3v) is 4.75. The number of rotatable bonds is 3. The molecule has 1 N–H and O–H groups in total. The average molecular weight is 296 g/mol. The number of β-amino-alcohol motifs (C(OH)–C–C–N with tert-alkyl or cyclic N) is 1. The Bertz CT molecular complexity index is 322. The highest BCUT2D eigenvalue weighted by Gasteiger charge is 2.28.